The molecule has 5 heavy (non-hydrogen) atoms. The Labute approximate surface area is 91.8 Å². The molecule has 3 radical (unpaired) electrons. The molecule has 0 aromatic rings. The molecule has 0 unspecified atom stereocenters. The Bertz CT molecular complexity index is 11.6. The van der Waals surface area contributed by atoms with Crippen LogP contribution < -0.4 is 0 Å². The average Bonchev–Trinajstić information content (AvgIpc) is 0.811. The molecule has 0 bridgehead atoms. The molecule has 31 valence electrons. The van der Waals surface area contributed by atoms with Crippen molar-refractivity contribution in [3.63, 3.8) is 0 Å². The summed E-state index contributed by atoms with van der Waals surface area (Å²) in [6, 6.07) is 0. The molecule has 0 aliphatic rings. The molecule has 0 aromatic carbocycles. The zero-order chi connectivity index (χ0) is 3.58. The third-order valence-corrected chi connectivity index (χ3v) is 0. The first-order valence-electron chi connectivity index (χ1n) is 0.655. The zero-order valence-electron chi connectivity index (χ0n) is 2.16. The molecular formula is CHBiI3. The number of halogens is 3. The zero-order valence-corrected chi connectivity index (χ0v) is 12.1. The van der Waals surface area contributed by atoms with Crippen LogP contribution in [0.1, 0.15) is 0 Å². The fourth-order valence-corrected chi connectivity index (χ4v) is 0. The van der Waals surface area contributed by atoms with Gasteiger partial charge in [-0.2, -0.15) is 0 Å². The standard InChI is InChI=1S/CHI3.Bi/c2-1(3)4;/h1H;. The molecule has 0 nitrogen and oxygen atoms in total. The van der Waals surface area contributed by atoms with Gasteiger partial charge in [0.1, 0.15) is -0.0619 Å². The number of alkyl halides is 3. The van der Waals surface area contributed by atoms with Gasteiger partial charge in [-0.1, -0.05) is 67.8 Å². The van der Waals surface area contributed by atoms with E-state index < -0.39 is 0 Å². The molecule has 0 N–H and O–H groups in total. The van der Waals surface area contributed by atoms with E-state index >= 15 is 0 Å². The fraction of sp³-hybridized carbons (Fsp3) is 1.00. The van der Waals surface area contributed by atoms with E-state index in [1.165, 1.54) is 0 Å². The Kier molecular flexibility index (Phi) is 15.5. The Morgan fingerprint density at radius 1 is 1.00 bits per heavy atom. The van der Waals surface area contributed by atoms with Crippen molar-refractivity contribution < 1.29 is 0 Å². The van der Waals surface area contributed by atoms with Crippen molar-refractivity contribution in [2.75, 3.05) is 0 Å². The van der Waals surface area contributed by atoms with Crippen molar-refractivity contribution >= 4 is 94.0 Å². The number of rotatable bonds is 0. The van der Waals surface area contributed by atoms with Gasteiger partial charge in [-0.15, -0.1) is 0 Å². The van der Waals surface area contributed by atoms with Crippen molar-refractivity contribution in [2.24, 2.45) is 0 Å². The van der Waals surface area contributed by atoms with Gasteiger partial charge in [0.15, 0.2) is 0 Å². The molecule has 0 fully saturated rings. The quantitative estimate of drug-likeness (QED) is 0.227. The molecule has 0 aliphatic heterocycles. The first kappa shape index (κ1) is 11.0. The van der Waals surface area contributed by atoms with Crippen LogP contribution in [0.2, 0.25) is 0 Å². The van der Waals surface area contributed by atoms with Gasteiger partial charge in [0.25, 0.3) is 0 Å². The first-order valence-corrected chi connectivity index (χ1v) is 4.39. The molecule has 0 amide bonds. The molecule has 0 spiro atoms. The van der Waals surface area contributed by atoms with E-state index in [1.807, 2.05) is 0 Å². The Hall–Kier alpha value is 3.07. The summed E-state index contributed by atoms with van der Waals surface area (Å²) in [5.74, 6) is 0. The molecule has 4 heteroatoms. The maximum Gasteiger partial charge on any atom is 0.114 e. The minimum atomic E-state index is 0. The third kappa shape index (κ3) is 19.3. The molecular weight excluding hydrogens is 602 g/mol. The number of hydrogen-bond donors (Lipinski definition) is 0. The molecule has 0 atom stereocenters. The van der Waals surface area contributed by atoms with Crippen molar-refractivity contribution in [2.45, 2.75) is -0.0619 Å². The van der Waals surface area contributed by atoms with E-state index in [9.17, 15) is 0 Å². The Morgan fingerprint density at radius 3 is 1.00 bits per heavy atom. The van der Waals surface area contributed by atoms with Gasteiger partial charge in [-0.05, 0) is 0 Å². The average molecular weight is 603 g/mol. The van der Waals surface area contributed by atoms with Crippen molar-refractivity contribution in [3.05, 3.63) is 0 Å². The van der Waals surface area contributed by atoms with Crippen LogP contribution in [0.25, 0.3) is 0 Å². The third-order valence-electron chi connectivity index (χ3n) is 0. The molecule has 0 saturated heterocycles. The van der Waals surface area contributed by atoms with Crippen LogP contribution in [0.15, 0.2) is 0 Å². The van der Waals surface area contributed by atoms with Crippen LogP contribution in [0, 0.1) is 0 Å². The summed E-state index contributed by atoms with van der Waals surface area (Å²) in [5.41, 5.74) is 0. The largest absolute Gasteiger partial charge is 0.114 e. The van der Waals surface area contributed by atoms with Gasteiger partial charge < -0.3 is 0 Å². The van der Waals surface area contributed by atoms with Gasteiger partial charge in [-0.25, -0.2) is 0 Å². The fourth-order valence-electron chi connectivity index (χ4n) is 0. The molecule has 0 aliphatic carbocycles. The summed E-state index contributed by atoms with van der Waals surface area (Å²) in [7, 11) is 0. The second kappa shape index (κ2) is 7.07. The molecule has 0 heterocycles. The van der Waals surface area contributed by atoms with Crippen LogP contribution in [0.3, 0.4) is 0 Å². The van der Waals surface area contributed by atoms with E-state index in [2.05, 4.69) is 67.8 Å². The predicted octanol–water partition coefficient (Wildman–Crippen LogP) is 2.19. The molecule has 0 rings (SSSR count). The summed E-state index contributed by atoms with van der Waals surface area (Å²) in [6.07, 6.45) is 0. The smallest absolute Gasteiger partial charge is 0.0592 e. The van der Waals surface area contributed by atoms with Crippen LogP contribution in [-0.2, 0) is 0 Å². The Balaban J connectivity index is 0. The predicted molar refractivity (Wildman–Crippen MR) is 51.6 cm³/mol. The van der Waals surface area contributed by atoms with Crippen LogP contribution in [0.4, 0.5) is 0 Å². The second-order valence-corrected chi connectivity index (χ2v) is 11.1. The van der Waals surface area contributed by atoms with Gasteiger partial charge >= 0.3 is 0 Å². The van der Waals surface area contributed by atoms with E-state index in [4.69, 9.17) is 0 Å². The maximum absolute atomic E-state index is 2.32. The maximum atomic E-state index is 2.32. The Morgan fingerprint density at radius 2 is 1.00 bits per heavy atom. The molecule has 0 saturated carbocycles. The topological polar surface area (TPSA) is 0 Å². The van der Waals surface area contributed by atoms with Crippen LogP contribution in [0.5, 0.6) is 0 Å². The summed E-state index contributed by atoms with van der Waals surface area (Å²) in [6.45, 7) is 0. The van der Waals surface area contributed by atoms with E-state index in [0.29, 0.717) is 0 Å². The van der Waals surface area contributed by atoms with E-state index in [0.717, 1.165) is -0.0619 Å². The minimum Gasteiger partial charge on any atom is -0.0592 e. The monoisotopic (exact) mass is 603 g/mol. The van der Waals surface area contributed by atoms with E-state index in [1.54, 1.807) is 0 Å². The summed E-state index contributed by atoms with van der Waals surface area (Å²) in [4.78, 5) is 0. The summed E-state index contributed by atoms with van der Waals surface area (Å²) in [5, 5.41) is 0. The minimum absolute atomic E-state index is 0. The normalized spacial score (nSPS) is 7.20. The van der Waals surface area contributed by atoms with Crippen molar-refractivity contribution in [1.29, 1.82) is 0 Å². The van der Waals surface area contributed by atoms with E-state index in [-0.39, 0.29) is 26.2 Å². The van der Waals surface area contributed by atoms with Crippen molar-refractivity contribution in [3.8, 4) is 0 Å². The second-order valence-electron chi connectivity index (χ2n) is 0.247. The van der Waals surface area contributed by atoms with Gasteiger partial charge in [0, 0.05) is 26.2 Å². The summed E-state index contributed by atoms with van der Waals surface area (Å²) >= 11 is 6.95. The van der Waals surface area contributed by atoms with Crippen molar-refractivity contribution in [1.82, 2.24) is 0 Å². The van der Waals surface area contributed by atoms with Gasteiger partial charge in [-0.3, -0.25) is 0 Å². The molecule has 0 aromatic heterocycles. The van der Waals surface area contributed by atoms with Crippen LogP contribution in [-0.4, -0.2) is 26.1 Å². The summed E-state index contributed by atoms with van der Waals surface area (Å²) < 4.78 is 0.743. The van der Waals surface area contributed by atoms with Gasteiger partial charge in [0.2, 0.25) is 0 Å². The first-order chi connectivity index (χ1) is 1.73. The van der Waals surface area contributed by atoms with Crippen LogP contribution >= 0.6 is 67.8 Å². The SMILES string of the molecule is IC(I)I.[Bi]. The van der Waals surface area contributed by atoms with Gasteiger partial charge in [0.05, 0.1) is 0 Å². The number of hydrogen-bond acceptors (Lipinski definition) is 0.